The minimum atomic E-state index is 0.363. The number of benzene rings is 2. The molecule has 1 atom stereocenters. The lowest BCUT2D eigenvalue weighted by Gasteiger charge is -2.10. The first kappa shape index (κ1) is 12.9. The van der Waals surface area contributed by atoms with E-state index in [2.05, 4.69) is 67.7 Å². The lowest BCUT2D eigenvalue weighted by atomic mass is 10.0. The first-order chi connectivity index (χ1) is 9.69. The lowest BCUT2D eigenvalue weighted by molar-refractivity contribution is 0.628. The number of fused-ring (bicyclic) bond motifs is 1. The standard InChI is InChI=1S/C18H19NO/c1-12-5-4-6-16-11-17(20-18(12)16)15-9-7-14(8-10-15)13(2)19-3/h4-11,13,19H,1-3H3. The molecule has 0 amide bonds. The second-order valence-corrected chi connectivity index (χ2v) is 5.24. The Morgan fingerprint density at radius 3 is 2.45 bits per heavy atom. The van der Waals surface area contributed by atoms with Gasteiger partial charge in [-0.3, -0.25) is 0 Å². The summed E-state index contributed by atoms with van der Waals surface area (Å²) < 4.78 is 6.00. The predicted molar refractivity (Wildman–Crippen MR) is 83.9 cm³/mol. The van der Waals surface area contributed by atoms with E-state index in [1.807, 2.05) is 7.05 Å². The van der Waals surface area contributed by atoms with E-state index in [4.69, 9.17) is 4.42 Å². The Morgan fingerprint density at radius 2 is 1.80 bits per heavy atom. The number of furan rings is 1. The zero-order chi connectivity index (χ0) is 14.1. The SMILES string of the molecule is CNC(C)c1ccc(-c2cc3cccc(C)c3o2)cc1. The third-order valence-corrected chi connectivity index (χ3v) is 3.87. The summed E-state index contributed by atoms with van der Waals surface area (Å²) in [6.45, 7) is 4.23. The molecule has 102 valence electrons. The van der Waals surface area contributed by atoms with Crippen molar-refractivity contribution in [2.24, 2.45) is 0 Å². The molecule has 0 aliphatic carbocycles. The number of aryl methyl sites for hydroxylation is 1. The van der Waals surface area contributed by atoms with Crippen molar-refractivity contribution in [1.82, 2.24) is 5.32 Å². The molecule has 0 fully saturated rings. The largest absolute Gasteiger partial charge is 0.456 e. The number of hydrogen-bond donors (Lipinski definition) is 1. The fraction of sp³-hybridized carbons (Fsp3) is 0.222. The van der Waals surface area contributed by atoms with Crippen LogP contribution >= 0.6 is 0 Å². The summed E-state index contributed by atoms with van der Waals surface area (Å²) in [6, 6.07) is 17.2. The van der Waals surface area contributed by atoms with Crippen molar-refractivity contribution in [2.45, 2.75) is 19.9 Å². The van der Waals surface area contributed by atoms with Gasteiger partial charge in [-0.25, -0.2) is 0 Å². The van der Waals surface area contributed by atoms with Gasteiger partial charge >= 0.3 is 0 Å². The van der Waals surface area contributed by atoms with Crippen LogP contribution in [-0.2, 0) is 0 Å². The summed E-state index contributed by atoms with van der Waals surface area (Å²) in [5.74, 6) is 0.929. The highest BCUT2D eigenvalue weighted by Crippen LogP contribution is 2.30. The van der Waals surface area contributed by atoms with E-state index in [9.17, 15) is 0 Å². The number of para-hydroxylation sites is 1. The summed E-state index contributed by atoms with van der Waals surface area (Å²) in [5.41, 5.74) is 4.56. The van der Waals surface area contributed by atoms with Crippen molar-refractivity contribution in [3.63, 3.8) is 0 Å². The van der Waals surface area contributed by atoms with Crippen LogP contribution in [0, 0.1) is 6.92 Å². The highest BCUT2D eigenvalue weighted by atomic mass is 16.3. The molecule has 2 aromatic carbocycles. The molecule has 0 saturated carbocycles. The van der Waals surface area contributed by atoms with Crippen LogP contribution in [0.4, 0.5) is 0 Å². The van der Waals surface area contributed by atoms with Gasteiger partial charge in [0.15, 0.2) is 0 Å². The highest BCUT2D eigenvalue weighted by Gasteiger charge is 2.08. The maximum atomic E-state index is 6.00. The molecule has 1 heterocycles. The van der Waals surface area contributed by atoms with E-state index >= 15 is 0 Å². The van der Waals surface area contributed by atoms with Gasteiger partial charge in [0.25, 0.3) is 0 Å². The van der Waals surface area contributed by atoms with Gasteiger partial charge in [-0.2, -0.15) is 0 Å². The predicted octanol–water partition coefficient (Wildman–Crippen LogP) is 4.69. The molecule has 0 spiro atoms. The Labute approximate surface area is 119 Å². The van der Waals surface area contributed by atoms with Gasteiger partial charge in [0.05, 0.1) is 0 Å². The Morgan fingerprint density at radius 1 is 1.05 bits per heavy atom. The molecule has 0 bridgehead atoms. The number of hydrogen-bond acceptors (Lipinski definition) is 2. The second kappa shape index (κ2) is 5.14. The molecular weight excluding hydrogens is 246 g/mol. The van der Waals surface area contributed by atoms with E-state index in [0.717, 1.165) is 22.3 Å². The summed E-state index contributed by atoms with van der Waals surface area (Å²) in [6.07, 6.45) is 0. The van der Waals surface area contributed by atoms with Crippen LogP contribution < -0.4 is 5.32 Å². The van der Waals surface area contributed by atoms with Crippen LogP contribution in [0.1, 0.15) is 24.1 Å². The molecule has 1 aromatic heterocycles. The van der Waals surface area contributed by atoms with Crippen LogP contribution in [-0.4, -0.2) is 7.05 Å². The van der Waals surface area contributed by atoms with Crippen molar-refractivity contribution >= 4 is 11.0 Å². The van der Waals surface area contributed by atoms with Crippen LogP contribution in [0.2, 0.25) is 0 Å². The molecule has 1 unspecified atom stereocenters. The fourth-order valence-electron chi connectivity index (χ4n) is 2.45. The molecule has 1 N–H and O–H groups in total. The van der Waals surface area contributed by atoms with Crippen LogP contribution in [0.15, 0.2) is 52.9 Å². The first-order valence-corrected chi connectivity index (χ1v) is 6.96. The van der Waals surface area contributed by atoms with Gasteiger partial charge < -0.3 is 9.73 Å². The Hall–Kier alpha value is -2.06. The van der Waals surface area contributed by atoms with Gasteiger partial charge in [-0.15, -0.1) is 0 Å². The minimum absolute atomic E-state index is 0.363. The van der Waals surface area contributed by atoms with Gasteiger partial charge in [0.1, 0.15) is 11.3 Å². The Bertz CT molecular complexity index is 725. The van der Waals surface area contributed by atoms with Crippen molar-refractivity contribution < 1.29 is 4.42 Å². The average Bonchev–Trinajstić information content (AvgIpc) is 2.92. The van der Waals surface area contributed by atoms with Gasteiger partial charge in [-0.05, 0) is 38.1 Å². The molecular formula is C18H19NO. The topological polar surface area (TPSA) is 25.2 Å². The Balaban J connectivity index is 2.00. The summed E-state index contributed by atoms with van der Waals surface area (Å²) in [5, 5.41) is 4.41. The van der Waals surface area contributed by atoms with Crippen LogP contribution in [0.3, 0.4) is 0 Å². The third kappa shape index (κ3) is 2.23. The van der Waals surface area contributed by atoms with E-state index in [1.54, 1.807) is 0 Å². The number of nitrogens with one attached hydrogen (secondary N) is 1. The normalized spacial score (nSPS) is 12.8. The Kier molecular flexibility index (Phi) is 3.33. The zero-order valence-corrected chi connectivity index (χ0v) is 12.1. The van der Waals surface area contributed by atoms with Crippen molar-refractivity contribution in [1.29, 1.82) is 0 Å². The molecule has 2 nitrogen and oxygen atoms in total. The average molecular weight is 265 g/mol. The third-order valence-electron chi connectivity index (χ3n) is 3.87. The zero-order valence-electron chi connectivity index (χ0n) is 12.1. The number of rotatable bonds is 3. The van der Waals surface area contributed by atoms with Crippen LogP contribution in [0.25, 0.3) is 22.3 Å². The fourth-order valence-corrected chi connectivity index (χ4v) is 2.45. The van der Waals surface area contributed by atoms with Crippen molar-refractivity contribution in [3.8, 4) is 11.3 Å². The van der Waals surface area contributed by atoms with Gasteiger partial charge in [0.2, 0.25) is 0 Å². The molecule has 0 radical (unpaired) electrons. The van der Waals surface area contributed by atoms with Gasteiger partial charge in [0, 0.05) is 17.0 Å². The lowest BCUT2D eigenvalue weighted by Crippen LogP contribution is -2.11. The van der Waals surface area contributed by atoms with E-state index in [0.29, 0.717) is 6.04 Å². The molecule has 3 aromatic rings. The summed E-state index contributed by atoms with van der Waals surface area (Å²) in [7, 11) is 1.97. The maximum absolute atomic E-state index is 6.00. The van der Waals surface area contributed by atoms with E-state index < -0.39 is 0 Å². The van der Waals surface area contributed by atoms with Crippen LogP contribution in [0.5, 0.6) is 0 Å². The molecule has 0 aliphatic rings. The summed E-state index contributed by atoms with van der Waals surface area (Å²) >= 11 is 0. The molecule has 0 saturated heterocycles. The first-order valence-electron chi connectivity index (χ1n) is 6.96. The molecule has 2 heteroatoms. The molecule has 0 aliphatic heterocycles. The smallest absolute Gasteiger partial charge is 0.137 e. The quantitative estimate of drug-likeness (QED) is 0.743. The summed E-state index contributed by atoms with van der Waals surface area (Å²) in [4.78, 5) is 0. The maximum Gasteiger partial charge on any atom is 0.137 e. The second-order valence-electron chi connectivity index (χ2n) is 5.24. The van der Waals surface area contributed by atoms with Gasteiger partial charge in [-0.1, -0.05) is 42.5 Å². The molecule has 3 rings (SSSR count). The highest BCUT2D eigenvalue weighted by molar-refractivity contribution is 5.85. The molecule has 20 heavy (non-hydrogen) atoms. The van der Waals surface area contributed by atoms with E-state index in [1.165, 1.54) is 11.1 Å². The van der Waals surface area contributed by atoms with E-state index in [-0.39, 0.29) is 0 Å². The minimum Gasteiger partial charge on any atom is -0.456 e. The monoisotopic (exact) mass is 265 g/mol. The van der Waals surface area contributed by atoms with Crippen molar-refractivity contribution in [2.75, 3.05) is 7.05 Å². The van der Waals surface area contributed by atoms with Crippen molar-refractivity contribution in [3.05, 3.63) is 59.7 Å².